The topological polar surface area (TPSA) is 45.2 Å². The Balaban J connectivity index is 0.00000400. The van der Waals surface area contributed by atoms with Crippen molar-refractivity contribution in [1.82, 2.24) is 9.80 Å². The van der Waals surface area contributed by atoms with E-state index in [9.17, 15) is 4.79 Å². The van der Waals surface area contributed by atoms with Crippen LogP contribution < -0.4 is 14.4 Å². The van der Waals surface area contributed by atoms with Crippen LogP contribution in [0.4, 0.5) is 5.69 Å². The van der Waals surface area contributed by atoms with Crippen molar-refractivity contribution in [3.8, 4) is 11.5 Å². The molecule has 0 atom stereocenters. The molecular formula is C30H43Cl2N3O3S2. The lowest BCUT2D eigenvalue weighted by atomic mass is 10.2. The van der Waals surface area contributed by atoms with Gasteiger partial charge in [0, 0.05) is 13.1 Å². The van der Waals surface area contributed by atoms with Crippen LogP contribution in [0.2, 0.25) is 0 Å². The fourth-order valence-electron chi connectivity index (χ4n) is 4.23. The molecule has 1 aliphatic heterocycles. The molecule has 0 radical (unpaired) electrons. The molecule has 1 heterocycles. The minimum absolute atomic E-state index is 0. The van der Waals surface area contributed by atoms with Gasteiger partial charge in [0.05, 0.1) is 23.8 Å². The maximum Gasteiger partial charge on any atom is 0.270 e. The molecule has 0 N–H and O–H groups in total. The van der Waals surface area contributed by atoms with E-state index in [0.29, 0.717) is 22.4 Å². The maximum atomic E-state index is 13.2. The summed E-state index contributed by atoms with van der Waals surface area (Å²) in [6.45, 7) is 16.4. The molecule has 2 aromatic rings. The number of anilines is 1. The van der Waals surface area contributed by atoms with Gasteiger partial charge < -0.3 is 19.3 Å². The smallest absolute Gasteiger partial charge is 0.270 e. The summed E-state index contributed by atoms with van der Waals surface area (Å²) in [6, 6.07) is 15.4. The number of thioether (sulfide) groups is 1. The SMILES string of the molecule is CCN(CC)CCCOc1ccc(C=C2SC(=S)N(c3ccc(OCCCN(CC)CC)cc3)C2=O)cc1.Cl.Cl. The minimum atomic E-state index is -0.107. The largest absolute Gasteiger partial charge is 0.494 e. The van der Waals surface area contributed by atoms with E-state index in [-0.39, 0.29) is 30.7 Å². The van der Waals surface area contributed by atoms with E-state index in [4.69, 9.17) is 21.7 Å². The fraction of sp³-hybridized carbons (Fsp3) is 0.467. The Kier molecular flexibility index (Phi) is 17.5. The van der Waals surface area contributed by atoms with Gasteiger partial charge in [-0.05, 0) is 87.1 Å². The molecule has 1 aliphatic rings. The van der Waals surface area contributed by atoms with Crippen molar-refractivity contribution in [2.24, 2.45) is 0 Å². The Morgan fingerprint density at radius 2 is 1.23 bits per heavy atom. The molecule has 1 amide bonds. The van der Waals surface area contributed by atoms with E-state index >= 15 is 0 Å². The van der Waals surface area contributed by atoms with E-state index in [0.717, 1.165) is 74.9 Å². The second kappa shape index (κ2) is 19.3. The van der Waals surface area contributed by atoms with E-state index in [1.807, 2.05) is 54.6 Å². The number of hydrogen-bond acceptors (Lipinski definition) is 7. The second-order valence-corrected chi connectivity index (χ2v) is 10.7. The number of thiocarbonyl (C=S) groups is 1. The zero-order valence-electron chi connectivity index (χ0n) is 24.0. The molecule has 0 spiro atoms. The van der Waals surface area contributed by atoms with E-state index in [1.165, 1.54) is 11.8 Å². The van der Waals surface area contributed by atoms with Gasteiger partial charge in [-0.1, -0.05) is 63.8 Å². The summed E-state index contributed by atoms with van der Waals surface area (Å²) in [5.41, 5.74) is 1.69. The molecule has 6 nitrogen and oxygen atoms in total. The monoisotopic (exact) mass is 627 g/mol. The molecule has 0 bridgehead atoms. The average Bonchev–Trinajstić information content (AvgIpc) is 3.22. The lowest BCUT2D eigenvalue weighted by Gasteiger charge is -2.18. The van der Waals surface area contributed by atoms with Crippen LogP contribution in [0.1, 0.15) is 46.1 Å². The average molecular weight is 629 g/mol. The van der Waals surface area contributed by atoms with Crippen LogP contribution in [0.5, 0.6) is 11.5 Å². The number of rotatable bonds is 16. The summed E-state index contributed by atoms with van der Waals surface area (Å²) >= 11 is 6.87. The summed E-state index contributed by atoms with van der Waals surface area (Å²) in [4.78, 5) is 20.1. The molecule has 1 fully saturated rings. The van der Waals surface area contributed by atoms with Crippen LogP contribution in [0.25, 0.3) is 6.08 Å². The van der Waals surface area contributed by atoms with Gasteiger partial charge >= 0.3 is 0 Å². The van der Waals surface area contributed by atoms with Crippen molar-refractivity contribution < 1.29 is 14.3 Å². The van der Waals surface area contributed by atoms with E-state index < -0.39 is 0 Å². The van der Waals surface area contributed by atoms with Gasteiger partial charge in [-0.2, -0.15) is 0 Å². The summed E-state index contributed by atoms with van der Waals surface area (Å²) in [5.74, 6) is 1.53. The first kappa shape index (κ1) is 36.2. The highest BCUT2D eigenvalue weighted by molar-refractivity contribution is 8.27. The van der Waals surface area contributed by atoms with E-state index in [2.05, 4.69) is 37.5 Å². The highest BCUT2D eigenvalue weighted by atomic mass is 35.5. The number of ether oxygens (including phenoxy) is 2. The molecule has 0 aromatic heterocycles. The Morgan fingerprint density at radius 1 is 0.775 bits per heavy atom. The van der Waals surface area contributed by atoms with Gasteiger partial charge in [-0.15, -0.1) is 24.8 Å². The molecule has 0 unspecified atom stereocenters. The number of amides is 1. The number of halogens is 2. The first-order chi connectivity index (χ1) is 18.5. The number of hydrogen-bond donors (Lipinski definition) is 0. The van der Waals surface area contributed by atoms with Gasteiger partial charge in [0.25, 0.3) is 5.91 Å². The maximum absolute atomic E-state index is 13.2. The molecule has 222 valence electrons. The lowest BCUT2D eigenvalue weighted by Crippen LogP contribution is -2.27. The van der Waals surface area contributed by atoms with Crippen LogP contribution in [-0.4, -0.2) is 72.5 Å². The van der Waals surface area contributed by atoms with Crippen molar-refractivity contribution >= 4 is 70.8 Å². The third kappa shape index (κ3) is 10.9. The first-order valence-electron chi connectivity index (χ1n) is 13.7. The minimum Gasteiger partial charge on any atom is -0.494 e. The molecule has 3 rings (SSSR count). The Hall–Kier alpha value is -1.81. The van der Waals surface area contributed by atoms with Crippen LogP contribution in [0.15, 0.2) is 53.4 Å². The number of nitrogens with zero attached hydrogens (tertiary/aromatic N) is 3. The second-order valence-electron chi connectivity index (χ2n) is 9.04. The third-order valence-corrected chi connectivity index (χ3v) is 7.93. The molecule has 0 saturated carbocycles. The number of benzene rings is 2. The normalized spacial score (nSPS) is 14.1. The van der Waals surface area contributed by atoms with Crippen molar-refractivity contribution in [3.05, 3.63) is 59.0 Å². The van der Waals surface area contributed by atoms with Crippen molar-refractivity contribution in [1.29, 1.82) is 0 Å². The highest BCUT2D eigenvalue weighted by Crippen LogP contribution is 2.36. The molecule has 0 aliphatic carbocycles. The predicted molar refractivity (Wildman–Crippen MR) is 179 cm³/mol. The van der Waals surface area contributed by atoms with Gasteiger partial charge in [-0.25, -0.2) is 0 Å². The van der Waals surface area contributed by atoms with Gasteiger partial charge in [-0.3, -0.25) is 9.69 Å². The zero-order valence-corrected chi connectivity index (χ0v) is 27.2. The van der Waals surface area contributed by atoms with Crippen molar-refractivity contribution in [3.63, 3.8) is 0 Å². The summed E-state index contributed by atoms with van der Waals surface area (Å²) < 4.78 is 12.3. The van der Waals surface area contributed by atoms with Crippen LogP contribution in [-0.2, 0) is 4.79 Å². The van der Waals surface area contributed by atoms with Gasteiger partial charge in [0.2, 0.25) is 0 Å². The summed E-state index contributed by atoms with van der Waals surface area (Å²) in [7, 11) is 0. The quantitative estimate of drug-likeness (QED) is 0.111. The van der Waals surface area contributed by atoms with Crippen LogP contribution in [0, 0.1) is 0 Å². The number of carbonyl (C=O) groups excluding carboxylic acids is 1. The fourth-order valence-corrected chi connectivity index (χ4v) is 5.53. The summed E-state index contributed by atoms with van der Waals surface area (Å²) in [6.07, 6.45) is 3.86. The third-order valence-electron chi connectivity index (χ3n) is 6.63. The molecule has 1 saturated heterocycles. The van der Waals surface area contributed by atoms with Crippen molar-refractivity contribution in [2.75, 3.05) is 57.4 Å². The summed E-state index contributed by atoms with van der Waals surface area (Å²) in [5, 5.41) is 0. The molecule has 10 heteroatoms. The lowest BCUT2D eigenvalue weighted by molar-refractivity contribution is -0.113. The standard InChI is InChI=1S/C30H41N3O3S2.2ClH/c1-5-31(6-2)19-9-21-35-26-15-11-24(12-16-26)23-28-29(34)33(30(37)38-28)25-13-17-27(18-14-25)36-22-10-20-32(7-3)8-4;;/h11-18,23H,5-10,19-22H2,1-4H3;2*1H. The Morgan fingerprint density at radius 3 is 1.68 bits per heavy atom. The van der Waals surface area contributed by atoms with Crippen molar-refractivity contribution in [2.45, 2.75) is 40.5 Å². The van der Waals surface area contributed by atoms with Gasteiger partial charge in [0.15, 0.2) is 4.32 Å². The number of carbonyl (C=O) groups is 1. The Bertz CT molecular complexity index is 1060. The Labute approximate surface area is 262 Å². The van der Waals surface area contributed by atoms with E-state index in [1.54, 1.807) is 4.90 Å². The molecule has 2 aromatic carbocycles. The van der Waals surface area contributed by atoms with Gasteiger partial charge in [0.1, 0.15) is 11.5 Å². The highest BCUT2D eigenvalue weighted by Gasteiger charge is 2.33. The van der Waals surface area contributed by atoms with Crippen LogP contribution in [0.3, 0.4) is 0 Å². The predicted octanol–water partition coefficient (Wildman–Crippen LogP) is 7.16. The first-order valence-corrected chi connectivity index (χ1v) is 14.9. The van der Waals surface area contributed by atoms with Crippen LogP contribution >= 0.6 is 48.8 Å². The zero-order chi connectivity index (χ0) is 27.3. The molecule has 40 heavy (non-hydrogen) atoms. The molecular weight excluding hydrogens is 585 g/mol.